The molecule has 116 valence electrons. The SMILES string of the molecule is CSc1ccc(CN(C)C(=O)CCSc2ccccc2)cc1. The van der Waals surface area contributed by atoms with E-state index in [0.717, 1.165) is 5.75 Å². The molecule has 0 aliphatic heterocycles. The molecule has 0 N–H and O–H groups in total. The van der Waals surface area contributed by atoms with E-state index < -0.39 is 0 Å². The third-order valence-electron chi connectivity index (χ3n) is 3.33. The lowest BCUT2D eigenvalue weighted by molar-refractivity contribution is -0.129. The maximum absolute atomic E-state index is 12.2. The van der Waals surface area contributed by atoms with Crippen LogP contribution in [-0.4, -0.2) is 29.9 Å². The summed E-state index contributed by atoms with van der Waals surface area (Å²) in [5, 5.41) is 0. The second-order valence-electron chi connectivity index (χ2n) is 5.01. The highest BCUT2D eigenvalue weighted by molar-refractivity contribution is 7.99. The lowest BCUT2D eigenvalue weighted by atomic mass is 10.2. The van der Waals surface area contributed by atoms with Gasteiger partial charge in [0.05, 0.1) is 0 Å². The van der Waals surface area contributed by atoms with Crippen molar-refractivity contribution in [2.45, 2.75) is 22.8 Å². The number of benzene rings is 2. The summed E-state index contributed by atoms with van der Waals surface area (Å²) in [6, 6.07) is 18.6. The Labute approximate surface area is 141 Å². The quantitative estimate of drug-likeness (QED) is 0.694. The molecule has 2 nitrogen and oxygen atoms in total. The van der Waals surface area contributed by atoms with E-state index in [-0.39, 0.29) is 5.91 Å². The van der Waals surface area contributed by atoms with Crippen molar-refractivity contribution in [2.24, 2.45) is 0 Å². The van der Waals surface area contributed by atoms with Crippen LogP contribution in [0.15, 0.2) is 64.4 Å². The maximum atomic E-state index is 12.2. The number of nitrogens with zero attached hydrogens (tertiary/aromatic N) is 1. The Morgan fingerprint density at radius 3 is 2.32 bits per heavy atom. The summed E-state index contributed by atoms with van der Waals surface area (Å²) in [6.07, 6.45) is 2.63. The Morgan fingerprint density at radius 1 is 1.00 bits per heavy atom. The van der Waals surface area contributed by atoms with Gasteiger partial charge in [-0.05, 0) is 36.1 Å². The first-order valence-electron chi connectivity index (χ1n) is 7.24. The highest BCUT2D eigenvalue weighted by Gasteiger charge is 2.09. The first kappa shape index (κ1) is 17.0. The van der Waals surface area contributed by atoms with Crippen LogP contribution in [0.3, 0.4) is 0 Å². The van der Waals surface area contributed by atoms with Crippen LogP contribution in [0.1, 0.15) is 12.0 Å². The van der Waals surface area contributed by atoms with Crippen LogP contribution in [0.5, 0.6) is 0 Å². The molecular formula is C18H21NOS2. The Bertz CT molecular complexity index is 584. The van der Waals surface area contributed by atoms with Crippen molar-refractivity contribution in [1.29, 1.82) is 0 Å². The zero-order valence-corrected chi connectivity index (χ0v) is 14.6. The van der Waals surface area contributed by atoms with E-state index in [0.29, 0.717) is 13.0 Å². The molecule has 0 radical (unpaired) electrons. The van der Waals surface area contributed by atoms with Crippen molar-refractivity contribution in [3.05, 3.63) is 60.2 Å². The molecule has 0 saturated carbocycles. The average molecular weight is 332 g/mol. The predicted octanol–water partition coefficient (Wildman–Crippen LogP) is 4.55. The summed E-state index contributed by atoms with van der Waals surface area (Å²) in [4.78, 5) is 16.4. The van der Waals surface area contributed by atoms with Crippen LogP contribution in [0, 0.1) is 0 Å². The zero-order chi connectivity index (χ0) is 15.8. The third-order valence-corrected chi connectivity index (χ3v) is 5.09. The minimum absolute atomic E-state index is 0.192. The van der Waals surface area contributed by atoms with Gasteiger partial charge in [-0.15, -0.1) is 23.5 Å². The maximum Gasteiger partial charge on any atom is 0.223 e. The second kappa shape index (κ2) is 8.91. The van der Waals surface area contributed by atoms with E-state index in [2.05, 4.69) is 42.7 Å². The van der Waals surface area contributed by atoms with E-state index in [9.17, 15) is 4.79 Å². The highest BCUT2D eigenvalue weighted by atomic mass is 32.2. The van der Waals surface area contributed by atoms with Gasteiger partial charge in [0.2, 0.25) is 5.91 Å². The molecule has 0 spiro atoms. The molecule has 2 aromatic rings. The van der Waals surface area contributed by atoms with Crippen LogP contribution in [0.4, 0.5) is 0 Å². The van der Waals surface area contributed by atoms with E-state index in [4.69, 9.17) is 0 Å². The second-order valence-corrected chi connectivity index (χ2v) is 7.06. The molecule has 0 heterocycles. The summed E-state index contributed by atoms with van der Waals surface area (Å²) in [5.74, 6) is 1.01. The molecular weight excluding hydrogens is 310 g/mol. The summed E-state index contributed by atoms with van der Waals surface area (Å²) < 4.78 is 0. The van der Waals surface area contributed by atoms with Gasteiger partial charge < -0.3 is 4.90 Å². The van der Waals surface area contributed by atoms with Gasteiger partial charge in [0.15, 0.2) is 0 Å². The van der Waals surface area contributed by atoms with Gasteiger partial charge in [0.1, 0.15) is 0 Å². The largest absolute Gasteiger partial charge is 0.341 e. The number of carbonyl (C=O) groups is 1. The van der Waals surface area contributed by atoms with Gasteiger partial charge in [-0.2, -0.15) is 0 Å². The van der Waals surface area contributed by atoms with Crippen molar-refractivity contribution in [3.63, 3.8) is 0 Å². The number of carbonyl (C=O) groups excluding carboxylic acids is 1. The van der Waals surface area contributed by atoms with Crippen LogP contribution in [-0.2, 0) is 11.3 Å². The van der Waals surface area contributed by atoms with Gasteiger partial charge in [0, 0.05) is 35.6 Å². The van der Waals surface area contributed by atoms with E-state index in [1.165, 1.54) is 15.4 Å². The Morgan fingerprint density at radius 2 is 1.68 bits per heavy atom. The minimum atomic E-state index is 0.192. The number of hydrogen-bond donors (Lipinski definition) is 0. The molecule has 0 saturated heterocycles. The molecule has 2 rings (SSSR count). The van der Waals surface area contributed by atoms with E-state index >= 15 is 0 Å². The van der Waals surface area contributed by atoms with Gasteiger partial charge in [-0.25, -0.2) is 0 Å². The monoisotopic (exact) mass is 331 g/mol. The topological polar surface area (TPSA) is 20.3 Å². The minimum Gasteiger partial charge on any atom is -0.341 e. The van der Waals surface area contributed by atoms with Crippen LogP contribution < -0.4 is 0 Å². The summed E-state index contributed by atoms with van der Waals surface area (Å²) in [7, 11) is 1.87. The smallest absolute Gasteiger partial charge is 0.223 e. The summed E-state index contributed by atoms with van der Waals surface area (Å²) >= 11 is 3.46. The number of thioether (sulfide) groups is 2. The molecule has 1 amide bonds. The standard InChI is InChI=1S/C18H21NOS2/c1-19(14-15-8-10-16(21-2)11-9-15)18(20)12-13-22-17-6-4-3-5-7-17/h3-11H,12-14H2,1-2H3. The lowest BCUT2D eigenvalue weighted by Crippen LogP contribution is -2.26. The Kier molecular flexibility index (Phi) is 6.87. The van der Waals surface area contributed by atoms with Crippen molar-refractivity contribution < 1.29 is 4.79 Å². The van der Waals surface area contributed by atoms with Crippen molar-refractivity contribution >= 4 is 29.4 Å². The van der Waals surface area contributed by atoms with Crippen LogP contribution in [0.25, 0.3) is 0 Å². The molecule has 0 bridgehead atoms. The van der Waals surface area contributed by atoms with Crippen LogP contribution in [0.2, 0.25) is 0 Å². The van der Waals surface area contributed by atoms with Crippen molar-refractivity contribution in [2.75, 3.05) is 19.1 Å². The fourth-order valence-corrected chi connectivity index (χ4v) is 3.33. The molecule has 0 aromatic heterocycles. The van der Waals surface area contributed by atoms with Crippen LogP contribution >= 0.6 is 23.5 Å². The molecule has 0 fully saturated rings. The Balaban J connectivity index is 1.76. The summed E-state index contributed by atoms with van der Waals surface area (Å²) in [6.45, 7) is 0.670. The van der Waals surface area contributed by atoms with Gasteiger partial charge in [-0.1, -0.05) is 30.3 Å². The van der Waals surface area contributed by atoms with E-state index in [1.807, 2.05) is 25.2 Å². The summed E-state index contributed by atoms with van der Waals surface area (Å²) in [5.41, 5.74) is 1.17. The molecule has 0 atom stereocenters. The first-order valence-corrected chi connectivity index (χ1v) is 9.45. The van der Waals surface area contributed by atoms with E-state index in [1.54, 1.807) is 28.4 Å². The molecule has 22 heavy (non-hydrogen) atoms. The predicted molar refractivity (Wildman–Crippen MR) is 96.5 cm³/mol. The number of rotatable bonds is 7. The zero-order valence-electron chi connectivity index (χ0n) is 13.0. The van der Waals surface area contributed by atoms with Crippen molar-refractivity contribution in [1.82, 2.24) is 4.90 Å². The van der Waals surface area contributed by atoms with Gasteiger partial charge >= 0.3 is 0 Å². The number of hydrogen-bond acceptors (Lipinski definition) is 3. The number of amides is 1. The molecule has 0 aliphatic carbocycles. The highest BCUT2D eigenvalue weighted by Crippen LogP contribution is 2.19. The first-order chi connectivity index (χ1) is 10.7. The molecule has 0 unspecified atom stereocenters. The third kappa shape index (κ3) is 5.43. The normalized spacial score (nSPS) is 10.5. The van der Waals surface area contributed by atoms with Gasteiger partial charge in [-0.3, -0.25) is 4.79 Å². The molecule has 4 heteroatoms. The average Bonchev–Trinajstić information content (AvgIpc) is 2.56. The Hall–Kier alpha value is -1.39. The molecule has 2 aromatic carbocycles. The molecule has 0 aliphatic rings. The fraction of sp³-hybridized carbons (Fsp3) is 0.278. The van der Waals surface area contributed by atoms with Gasteiger partial charge in [0.25, 0.3) is 0 Å². The fourth-order valence-electron chi connectivity index (χ4n) is 2.06. The lowest BCUT2D eigenvalue weighted by Gasteiger charge is -2.17. The van der Waals surface area contributed by atoms with Crippen molar-refractivity contribution in [3.8, 4) is 0 Å².